The highest BCUT2D eigenvalue weighted by Crippen LogP contribution is 2.42. The highest BCUT2D eigenvalue weighted by molar-refractivity contribution is 5.12. The Morgan fingerprint density at radius 1 is 1.44 bits per heavy atom. The van der Waals surface area contributed by atoms with Gasteiger partial charge in [0.05, 0.1) is 6.20 Å². The molecular weight excluding hydrogens is 222 g/mol. The molecule has 102 valence electrons. The monoisotopic (exact) mass is 249 g/mol. The van der Waals surface area contributed by atoms with Crippen molar-refractivity contribution in [2.24, 2.45) is 18.4 Å². The van der Waals surface area contributed by atoms with Crippen molar-refractivity contribution in [2.45, 2.75) is 52.5 Å². The van der Waals surface area contributed by atoms with Gasteiger partial charge < -0.3 is 5.32 Å². The number of nitrogens with one attached hydrogen (secondary N) is 1. The first-order valence-electron chi connectivity index (χ1n) is 7.24. The largest absolute Gasteiger partial charge is 0.310 e. The summed E-state index contributed by atoms with van der Waals surface area (Å²) in [5.41, 5.74) is 1.89. The third kappa shape index (κ3) is 3.14. The van der Waals surface area contributed by atoms with Gasteiger partial charge >= 0.3 is 0 Å². The maximum Gasteiger partial charge on any atom is 0.0537 e. The molecule has 0 aromatic carbocycles. The Bertz CT molecular complexity index is 371. The van der Waals surface area contributed by atoms with Gasteiger partial charge in [0.15, 0.2) is 0 Å². The van der Waals surface area contributed by atoms with Crippen molar-refractivity contribution in [3.05, 3.63) is 18.0 Å². The van der Waals surface area contributed by atoms with Crippen molar-refractivity contribution in [2.75, 3.05) is 6.54 Å². The Labute approximate surface area is 111 Å². The molecule has 1 unspecified atom stereocenters. The summed E-state index contributed by atoms with van der Waals surface area (Å²) < 4.78 is 1.91. The summed E-state index contributed by atoms with van der Waals surface area (Å²) in [6, 6.07) is 0.486. The van der Waals surface area contributed by atoms with Gasteiger partial charge in [-0.05, 0) is 43.6 Å². The van der Waals surface area contributed by atoms with Gasteiger partial charge in [-0.15, -0.1) is 0 Å². The molecular formula is C15H27N3. The molecule has 0 saturated heterocycles. The summed E-state index contributed by atoms with van der Waals surface area (Å²) >= 11 is 0. The van der Waals surface area contributed by atoms with E-state index in [-0.39, 0.29) is 0 Å². The van der Waals surface area contributed by atoms with Crippen LogP contribution in [0.15, 0.2) is 12.4 Å². The van der Waals surface area contributed by atoms with E-state index in [0.29, 0.717) is 11.5 Å². The van der Waals surface area contributed by atoms with Gasteiger partial charge in [0.25, 0.3) is 0 Å². The zero-order valence-corrected chi connectivity index (χ0v) is 12.2. The molecule has 0 radical (unpaired) electrons. The van der Waals surface area contributed by atoms with Gasteiger partial charge in [0.2, 0.25) is 0 Å². The van der Waals surface area contributed by atoms with Crippen LogP contribution in [0.1, 0.15) is 58.1 Å². The molecule has 1 aromatic rings. The van der Waals surface area contributed by atoms with Crippen molar-refractivity contribution in [3.63, 3.8) is 0 Å². The number of aromatic nitrogens is 2. The molecule has 1 N–H and O–H groups in total. The molecule has 1 heterocycles. The first-order valence-corrected chi connectivity index (χ1v) is 7.24. The lowest BCUT2D eigenvalue weighted by atomic mass is 9.70. The minimum atomic E-state index is 0.486. The van der Waals surface area contributed by atoms with Crippen LogP contribution in [0.3, 0.4) is 0 Å². The molecule has 1 fully saturated rings. The normalized spacial score (nSPS) is 22.0. The average Bonchev–Trinajstić information content (AvgIpc) is 2.73. The molecule has 1 aliphatic rings. The van der Waals surface area contributed by atoms with E-state index in [0.717, 1.165) is 12.5 Å². The number of nitrogens with zero attached hydrogens (tertiary/aromatic N) is 2. The Morgan fingerprint density at radius 3 is 2.61 bits per heavy atom. The van der Waals surface area contributed by atoms with Crippen LogP contribution in [0, 0.1) is 11.3 Å². The Kier molecular flexibility index (Phi) is 4.10. The van der Waals surface area contributed by atoms with Crippen molar-refractivity contribution in [3.8, 4) is 0 Å². The predicted molar refractivity (Wildman–Crippen MR) is 75.4 cm³/mol. The first-order chi connectivity index (χ1) is 8.52. The van der Waals surface area contributed by atoms with Gasteiger partial charge in [0.1, 0.15) is 0 Å². The Hall–Kier alpha value is -0.830. The summed E-state index contributed by atoms with van der Waals surface area (Å²) in [5, 5.41) is 7.98. The molecule has 3 nitrogen and oxygen atoms in total. The standard InChI is InChI=1S/C15H27N3/c1-5-16-14(13-10-17-18(4)11-13)12-6-8-15(2,3)9-7-12/h10-12,14,16H,5-9H2,1-4H3. The fourth-order valence-electron chi connectivity index (χ4n) is 3.13. The minimum Gasteiger partial charge on any atom is -0.310 e. The minimum absolute atomic E-state index is 0.486. The van der Waals surface area contributed by atoms with Gasteiger partial charge in [-0.3, -0.25) is 4.68 Å². The maximum absolute atomic E-state index is 4.32. The zero-order chi connectivity index (χ0) is 13.2. The second-order valence-corrected chi connectivity index (χ2v) is 6.48. The van der Waals surface area contributed by atoms with E-state index in [9.17, 15) is 0 Å². The van der Waals surface area contributed by atoms with Crippen molar-refractivity contribution in [1.29, 1.82) is 0 Å². The maximum atomic E-state index is 4.32. The molecule has 18 heavy (non-hydrogen) atoms. The molecule has 1 aliphatic carbocycles. The second-order valence-electron chi connectivity index (χ2n) is 6.48. The number of hydrogen-bond acceptors (Lipinski definition) is 2. The number of aryl methyl sites for hydroxylation is 1. The zero-order valence-electron chi connectivity index (χ0n) is 12.2. The lowest BCUT2D eigenvalue weighted by molar-refractivity contribution is 0.162. The topological polar surface area (TPSA) is 29.9 Å². The van der Waals surface area contributed by atoms with E-state index in [1.54, 1.807) is 0 Å². The number of rotatable bonds is 4. The van der Waals surface area contributed by atoms with Crippen LogP contribution >= 0.6 is 0 Å². The predicted octanol–water partition coefficient (Wildman–Crippen LogP) is 3.29. The van der Waals surface area contributed by atoms with Crippen molar-refractivity contribution in [1.82, 2.24) is 15.1 Å². The van der Waals surface area contributed by atoms with Crippen LogP contribution in [0.25, 0.3) is 0 Å². The van der Waals surface area contributed by atoms with E-state index >= 15 is 0 Å². The van der Waals surface area contributed by atoms with Gasteiger partial charge in [0, 0.05) is 24.8 Å². The van der Waals surface area contributed by atoms with Crippen molar-refractivity contribution >= 4 is 0 Å². The molecule has 0 aliphatic heterocycles. The van der Waals surface area contributed by atoms with Gasteiger partial charge in [-0.25, -0.2) is 0 Å². The van der Waals surface area contributed by atoms with Crippen LogP contribution in [0.2, 0.25) is 0 Å². The van der Waals surface area contributed by atoms with Crippen molar-refractivity contribution < 1.29 is 0 Å². The molecule has 3 heteroatoms. The molecule has 2 rings (SSSR count). The second kappa shape index (κ2) is 5.43. The Balaban J connectivity index is 2.07. The Morgan fingerprint density at radius 2 is 2.11 bits per heavy atom. The van der Waals surface area contributed by atoms with Crippen LogP contribution in [-0.2, 0) is 7.05 Å². The smallest absolute Gasteiger partial charge is 0.0537 e. The third-order valence-electron chi connectivity index (χ3n) is 4.36. The van der Waals surface area contributed by atoms with E-state index in [4.69, 9.17) is 0 Å². The molecule has 1 saturated carbocycles. The lowest BCUT2D eigenvalue weighted by Crippen LogP contribution is -2.32. The van der Waals surface area contributed by atoms with Crippen LogP contribution in [0.5, 0.6) is 0 Å². The summed E-state index contributed by atoms with van der Waals surface area (Å²) in [7, 11) is 2.00. The molecule has 0 spiro atoms. The van der Waals surface area contributed by atoms with E-state index < -0.39 is 0 Å². The van der Waals surface area contributed by atoms with Crippen LogP contribution in [-0.4, -0.2) is 16.3 Å². The molecule has 1 aromatic heterocycles. The number of hydrogen-bond donors (Lipinski definition) is 1. The SMILES string of the molecule is CCNC(c1cnn(C)c1)C1CCC(C)(C)CC1. The van der Waals surface area contributed by atoms with Gasteiger partial charge in [-0.2, -0.15) is 5.10 Å². The first kappa shape index (κ1) is 13.6. The lowest BCUT2D eigenvalue weighted by Gasteiger charge is -2.38. The fraction of sp³-hybridized carbons (Fsp3) is 0.800. The fourth-order valence-corrected chi connectivity index (χ4v) is 3.13. The summed E-state index contributed by atoms with van der Waals surface area (Å²) in [6.45, 7) is 8.01. The molecule has 0 amide bonds. The molecule has 0 bridgehead atoms. The van der Waals surface area contributed by atoms with Crippen LogP contribution in [0.4, 0.5) is 0 Å². The summed E-state index contributed by atoms with van der Waals surface area (Å²) in [4.78, 5) is 0. The third-order valence-corrected chi connectivity index (χ3v) is 4.36. The summed E-state index contributed by atoms with van der Waals surface area (Å²) in [5.74, 6) is 0.766. The van der Waals surface area contributed by atoms with Gasteiger partial charge in [-0.1, -0.05) is 20.8 Å². The van der Waals surface area contributed by atoms with E-state index in [1.165, 1.54) is 31.2 Å². The summed E-state index contributed by atoms with van der Waals surface area (Å²) in [6.07, 6.45) is 9.54. The quantitative estimate of drug-likeness (QED) is 0.887. The molecule has 1 atom stereocenters. The van der Waals surface area contributed by atoms with E-state index in [1.807, 2.05) is 17.9 Å². The highest BCUT2D eigenvalue weighted by Gasteiger charge is 2.32. The average molecular weight is 249 g/mol. The van der Waals surface area contributed by atoms with E-state index in [2.05, 4.69) is 37.4 Å². The highest BCUT2D eigenvalue weighted by atomic mass is 15.2. The van der Waals surface area contributed by atoms with Crippen LogP contribution < -0.4 is 5.32 Å².